The minimum atomic E-state index is -0.568. The third-order valence-corrected chi connectivity index (χ3v) is 4.08. The predicted octanol–water partition coefficient (Wildman–Crippen LogP) is 0.890. The van der Waals surface area contributed by atoms with Gasteiger partial charge in [-0.1, -0.05) is 12.1 Å². The average molecular weight is 385 g/mol. The molecule has 0 atom stereocenters. The molecule has 0 fully saturated rings. The lowest BCUT2D eigenvalue weighted by molar-refractivity contribution is -0.125. The van der Waals surface area contributed by atoms with Crippen LogP contribution in [0.1, 0.15) is 10.4 Å². The van der Waals surface area contributed by atoms with E-state index in [0.717, 1.165) is 0 Å². The number of carbonyl (C=O) groups excluding carboxylic acids is 3. The van der Waals surface area contributed by atoms with Crippen LogP contribution in [0.25, 0.3) is 0 Å². The van der Waals surface area contributed by atoms with Gasteiger partial charge in [0, 0.05) is 6.07 Å². The van der Waals surface area contributed by atoms with Crippen LogP contribution in [0.15, 0.2) is 42.5 Å². The summed E-state index contributed by atoms with van der Waals surface area (Å²) in [4.78, 5) is 38.0. The van der Waals surface area contributed by atoms with Gasteiger partial charge in [-0.25, -0.2) is 0 Å². The summed E-state index contributed by atoms with van der Waals surface area (Å²) in [6.07, 6.45) is 0. The van der Waals surface area contributed by atoms with Gasteiger partial charge in [-0.3, -0.25) is 30.1 Å². The van der Waals surface area contributed by atoms with Crippen LogP contribution in [0.4, 0.5) is 5.69 Å². The van der Waals surface area contributed by atoms with Gasteiger partial charge >= 0.3 is 0 Å². The maximum absolute atomic E-state index is 12.3. The van der Waals surface area contributed by atoms with E-state index in [1.54, 1.807) is 36.4 Å². The van der Waals surface area contributed by atoms with E-state index in [1.807, 2.05) is 0 Å². The van der Waals surface area contributed by atoms with Gasteiger partial charge in [-0.05, 0) is 24.3 Å². The second kappa shape index (κ2) is 8.30. The zero-order valence-electron chi connectivity index (χ0n) is 15.4. The highest BCUT2D eigenvalue weighted by Gasteiger charge is 2.27. The molecule has 2 N–H and O–H groups in total. The molecule has 9 heteroatoms. The average Bonchev–Trinajstić information content (AvgIpc) is 2.73. The summed E-state index contributed by atoms with van der Waals surface area (Å²) >= 11 is 0. The zero-order valence-corrected chi connectivity index (χ0v) is 15.4. The number of carbonyl (C=O) groups is 3. The number of fused-ring (bicyclic) bond motifs is 1. The Labute approximate surface area is 161 Å². The SMILES string of the molecule is COc1ccc(C(=O)NNC(=O)CN2C(=O)COc3ccccc32)c(OC)c1. The molecule has 0 spiro atoms. The van der Waals surface area contributed by atoms with Crippen molar-refractivity contribution in [3.05, 3.63) is 48.0 Å². The van der Waals surface area contributed by atoms with Crippen LogP contribution in [0.2, 0.25) is 0 Å². The Morgan fingerprint density at radius 2 is 1.89 bits per heavy atom. The van der Waals surface area contributed by atoms with E-state index in [1.165, 1.54) is 25.2 Å². The fourth-order valence-electron chi connectivity index (χ4n) is 2.69. The van der Waals surface area contributed by atoms with Crippen molar-refractivity contribution in [3.8, 4) is 17.2 Å². The van der Waals surface area contributed by atoms with Crippen molar-refractivity contribution in [2.45, 2.75) is 0 Å². The van der Waals surface area contributed by atoms with E-state index in [2.05, 4.69) is 10.9 Å². The van der Waals surface area contributed by atoms with Crippen molar-refractivity contribution in [1.29, 1.82) is 0 Å². The Morgan fingerprint density at radius 3 is 2.64 bits per heavy atom. The lowest BCUT2D eigenvalue weighted by Crippen LogP contribution is -2.49. The lowest BCUT2D eigenvalue weighted by atomic mass is 10.2. The number of hydrazine groups is 1. The third kappa shape index (κ3) is 3.98. The fraction of sp³-hybridized carbons (Fsp3) is 0.211. The third-order valence-electron chi connectivity index (χ3n) is 4.08. The Morgan fingerprint density at radius 1 is 1.11 bits per heavy atom. The minimum absolute atomic E-state index is 0.153. The molecule has 3 amide bonds. The van der Waals surface area contributed by atoms with Crippen LogP contribution in [-0.4, -0.2) is 45.1 Å². The number of para-hydroxylation sites is 2. The number of rotatable bonds is 5. The molecule has 9 nitrogen and oxygen atoms in total. The van der Waals surface area contributed by atoms with Crippen LogP contribution < -0.4 is 30.0 Å². The highest BCUT2D eigenvalue weighted by Crippen LogP contribution is 2.31. The molecule has 0 aliphatic carbocycles. The molecule has 0 bridgehead atoms. The van der Waals surface area contributed by atoms with Crippen molar-refractivity contribution in [2.75, 3.05) is 32.3 Å². The smallest absolute Gasteiger partial charge is 0.273 e. The van der Waals surface area contributed by atoms with Crippen LogP contribution in [-0.2, 0) is 9.59 Å². The molecular weight excluding hydrogens is 366 g/mol. The summed E-state index contributed by atoms with van der Waals surface area (Å²) in [5.41, 5.74) is 5.33. The van der Waals surface area contributed by atoms with Gasteiger partial charge in [0.05, 0.1) is 25.5 Å². The summed E-state index contributed by atoms with van der Waals surface area (Å²) in [6, 6.07) is 11.6. The standard InChI is InChI=1S/C19H19N3O6/c1-26-12-7-8-13(16(9-12)27-2)19(25)21-20-17(23)10-22-14-5-3-4-6-15(14)28-11-18(22)24/h3-9H,10-11H2,1-2H3,(H,20,23)(H,21,25). The molecule has 1 aliphatic heterocycles. The molecule has 3 rings (SSSR count). The molecule has 0 unspecified atom stereocenters. The van der Waals surface area contributed by atoms with E-state index in [4.69, 9.17) is 14.2 Å². The van der Waals surface area contributed by atoms with Crippen LogP contribution >= 0.6 is 0 Å². The number of hydrogen-bond acceptors (Lipinski definition) is 6. The highest BCUT2D eigenvalue weighted by atomic mass is 16.5. The number of nitrogens with one attached hydrogen (secondary N) is 2. The van der Waals surface area contributed by atoms with Gasteiger partial charge in [-0.2, -0.15) is 0 Å². The van der Waals surface area contributed by atoms with Gasteiger partial charge in [0.1, 0.15) is 23.8 Å². The van der Waals surface area contributed by atoms with Gasteiger partial charge in [0.15, 0.2) is 6.61 Å². The molecule has 0 radical (unpaired) electrons. The summed E-state index contributed by atoms with van der Waals surface area (Å²) in [6.45, 7) is -0.418. The zero-order chi connectivity index (χ0) is 20.1. The summed E-state index contributed by atoms with van der Waals surface area (Å²) in [5, 5.41) is 0. The molecule has 2 aromatic carbocycles. The van der Waals surface area contributed by atoms with Crippen molar-refractivity contribution < 1.29 is 28.6 Å². The van der Waals surface area contributed by atoms with E-state index in [0.29, 0.717) is 22.9 Å². The Bertz CT molecular complexity index is 914. The topological polar surface area (TPSA) is 106 Å². The summed E-state index contributed by atoms with van der Waals surface area (Å²) < 4.78 is 15.6. The van der Waals surface area contributed by atoms with Gasteiger partial charge in [0.25, 0.3) is 17.7 Å². The van der Waals surface area contributed by atoms with E-state index in [9.17, 15) is 14.4 Å². The van der Waals surface area contributed by atoms with Crippen LogP contribution in [0, 0.1) is 0 Å². The Hall–Kier alpha value is -3.75. The Kier molecular flexibility index (Phi) is 5.64. The van der Waals surface area contributed by atoms with E-state index in [-0.39, 0.29) is 24.6 Å². The van der Waals surface area contributed by atoms with E-state index >= 15 is 0 Å². The summed E-state index contributed by atoms with van der Waals surface area (Å²) in [5.74, 6) is -0.142. The molecule has 1 aliphatic rings. The van der Waals surface area contributed by atoms with E-state index < -0.39 is 11.8 Å². The molecule has 1 heterocycles. The van der Waals surface area contributed by atoms with Gasteiger partial charge < -0.3 is 14.2 Å². The second-order valence-corrected chi connectivity index (χ2v) is 5.80. The van der Waals surface area contributed by atoms with Gasteiger partial charge in [-0.15, -0.1) is 0 Å². The van der Waals surface area contributed by atoms with Crippen molar-refractivity contribution >= 4 is 23.4 Å². The highest BCUT2D eigenvalue weighted by molar-refractivity contribution is 6.03. The normalized spacial score (nSPS) is 12.5. The second-order valence-electron chi connectivity index (χ2n) is 5.80. The summed E-state index contributed by atoms with van der Waals surface area (Å²) in [7, 11) is 2.92. The first-order valence-electron chi connectivity index (χ1n) is 8.37. The lowest BCUT2D eigenvalue weighted by Gasteiger charge is -2.28. The Balaban J connectivity index is 1.63. The minimum Gasteiger partial charge on any atom is -0.497 e. The van der Waals surface area contributed by atoms with Gasteiger partial charge in [0.2, 0.25) is 0 Å². The monoisotopic (exact) mass is 385 g/mol. The first-order chi connectivity index (χ1) is 13.5. The molecule has 146 valence electrons. The number of hydrogen-bond donors (Lipinski definition) is 2. The molecule has 0 saturated carbocycles. The number of benzene rings is 2. The number of nitrogens with zero attached hydrogens (tertiary/aromatic N) is 1. The first kappa shape index (κ1) is 19.0. The number of amides is 3. The van der Waals surface area contributed by atoms with Crippen molar-refractivity contribution in [1.82, 2.24) is 10.9 Å². The largest absolute Gasteiger partial charge is 0.497 e. The first-order valence-corrected chi connectivity index (χ1v) is 8.37. The maximum atomic E-state index is 12.3. The number of ether oxygens (including phenoxy) is 3. The molecule has 28 heavy (non-hydrogen) atoms. The van der Waals surface area contributed by atoms with Crippen molar-refractivity contribution in [3.63, 3.8) is 0 Å². The molecule has 0 saturated heterocycles. The quantitative estimate of drug-likeness (QED) is 0.741. The fourth-order valence-corrected chi connectivity index (χ4v) is 2.69. The van der Waals surface area contributed by atoms with Crippen LogP contribution in [0.3, 0.4) is 0 Å². The van der Waals surface area contributed by atoms with Crippen LogP contribution in [0.5, 0.6) is 17.2 Å². The predicted molar refractivity (Wildman–Crippen MR) is 99.4 cm³/mol. The molecular formula is C19H19N3O6. The number of methoxy groups -OCH3 is 2. The molecule has 2 aromatic rings. The molecule has 0 aromatic heterocycles. The maximum Gasteiger partial charge on any atom is 0.273 e. The number of anilines is 1. The van der Waals surface area contributed by atoms with Crippen molar-refractivity contribution in [2.24, 2.45) is 0 Å².